The minimum atomic E-state index is 0.0559. The highest BCUT2D eigenvalue weighted by Crippen LogP contribution is 2.19. The van der Waals surface area contributed by atoms with Crippen LogP contribution in [-0.2, 0) is 22.5 Å². The van der Waals surface area contributed by atoms with Crippen molar-refractivity contribution in [1.29, 1.82) is 0 Å². The molecule has 3 rings (SSSR count). The van der Waals surface area contributed by atoms with E-state index in [1.54, 1.807) is 0 Å². The van der Waals surface area contributed by atoms with Gasteiger partial charge >= 0.3 is 0 Å². The van der Waals surface area contributed by atoms with Gasteiger partial charge in [-0.25, -0.2) is 0 Å². The van der Waals surface area contributed by atoms with Crippen LogP contribution < -0.4 is 5.32 Å². The van der Waals surface area contributed by atoms with Crippen molar-refractivity contribution in [2.24, 2.45) is 11.8 Å². The van der Waals surface area contributed by atoms with Crippen molar-refractivity contribution < 1.29 is 14.1 Å². The number of likely N-dealkylation sites (tertiary alicyclic amines) is 1. The van der Waals surface area contributed by atoms with E-state index in [9.17, 15) is 4.79 Å². The van der Waals surface area contributed by atoms with Crippen molar-refractivity contribution >= 4 is 5.91 Å². The normalized spacial score (nSPS) is 23.3. The van der Waals surface area contributed by atoms with Crippen molar-refractivity contribution in [3.63, 3.8) is 0 Å². The minimum absolute atomic E-state index is 0.0559. The standard InChI is InChI=1S/C16H26N4O3/c1-2-14-18-15(23-19-14)10-20-6-3-12(4-7-20)9-17-16(21)13-5-8-22-11-13/h12-13H,2-11H2,1H3,(H,17,21). The summed E-state index contributed by atoms with van der Waals surface area (Å²) in [5.74, 6) is 2.25. The van der Waals surface area contributed by atoms with Crippen LogP contribution in [0.5, 0.6) is 0 Å². The molecule has 128 valence electrons. The van der Waals surface area contributed by atoms with E-state index in [1.165, 1.54) is 0 Å². The molecular formula is C16H26N4O3. The number of rotatable bonds is 6. The number of carbonyl (C=O) groups is 1. The Morgan fingerprint density at radius 3 is 2.83 bits per heavy atom. The average Bonchev–Trinajstić information content (AvgIpc) is 3.25. The molecule has 1 amide bonds. The fourth-order valence-corrected chi connectivity index (χ4v) is 3.17. The topological polar surface area (TPSA) is 80.5 Å². The van der Waals surface area contributed by atoms with E-state index < -0.39 is 0 Å². The third-order valence-electron chi connectivity index (χ3n) is 4.76. The number of amides is 1. The summed E-state index contributed by atoms with van der Waals surface area (Å²) < 4.78 is 10.5. The van der Waals surface area contributed by atoms with Gasteiger partial charge in [0.05, 0.1) is 19.1 Å². The average molecular weight is 322 g/mol. The molecule has 0 aliphatic carbocycles. The SMILES string of the molecule is CCc1noc(CN2CCC(CNC(=O)C3CCOC3)CC2)n1. The molecule has 0 bridgehead atoms. The molecule has 0 spiro atoms. The maximum absolute atomic E-state index is 12.0. The monoisotopic (exact) mass is 322 g/mol. The summed E-state index contributed by atoms with van der Waals surface area (Å²) in [5, 5.41) is 7.02. The molecule has 7 nitrogen and oxygen atoms in total. The van der Waals surface area contributed by atoms with Gasteiger partial charge in [-0.15, -0.1) is 0 Å². The van der Waals surface area contributed by atoms with E-state index in [0.717, 1.165) is 57.7 Å². The second kappa shape index (κ2) is 7.88. The molecule has 1 N–H and O–H groups in total. The van der Waals surface area contributed by atoms with Crippen LogP contribution in [0.3, 0.4) is 0 Å². The maximum Gasteiger partial charge on any atom is 0.240 e. The Bertz CT molecular complexity index is 505. The molecule has 2 aliphatic heterocycles. The fraction of sp³-hybridized carbons (Fsp3) is 0.812. The predicted molar refractivity (Wildman–Crippen MR) is 83.6 cm³/mol. The first-order valence-electron chi connectivity index (χ1n) is 8.64. The summed E-state index contributed by atoms with van der Waals surface area (Å²) in [4.78, 5) is 18.7. The molecule has 1 atom stereocenters. The van der Waals surface area contributed by atoms with Gasteiger partial charge in [0.2, 0.25) is 11.8 Å². The molecule has 2 aliphatic rings. The Morgan fingerprint density at radius 2 is 2.17 bits per heavy atom. The second-order valence-electron chi connectivity index (χ2n) is 6.48. The van der Waals surface area contributed by atoms with E-state index in [1.807, 2.05) is 6.92 Å². The Kier molecular flexibility index (Phi) is 5.61. The lowest BCUT2D eigenvalue weighted by Crippen LogP contribution is -2.40. The highest BCUT2D eigenvalue weighted by Gasteiger charge is 2.25. The van der Waals surface area contributed by atoms with Crippen molar-refractivity contribution in [2.45, 2.75) is 39.2 Å². The number of carbonyl (C=O) groups excluding carboxylic acids is 1. The molecule has 1 aromatic heterocycles. The van der Waals surface area contributed by atoms with Gasteiger partial charge in [-0.05, 0) is 38.3 Å². The van der Waals surface area contributed by atoms with Crippen LogP contribution in [0.1, 0.15) is 37.9 Å². The maximum atomic E-state index is 12.0. The van der Waals surface area contributed by atoms with Gasteiger partial charge in [0.25, 0.3) is 0 Å². The highest BCUT2D eigenvalue weighted by atomic mass is 16.5. The molecule has 7 heteroatoms. The number of nitrogens with one attached hydrogen (secondary N) is 1. The van der Waals surface area contributed by atoms with Crippen LogP contribution in [0, 0.1) is 11.8 Å². The number of nitrogens with zero attached hydrogens (tertiary/aromatic N) is 3. The number of aryl methyl sites for hydroxylation is 1. The third kappa shape index (κ3) is 4.51. The number of ether oxygens (including phenoxy) is 1. The summed E-state index contributed by atoms with van der Waals surface area (Å²) in [7, 11) is 0. The zero-order valence-corrected chi connectivity index (χ0v) is 13.8. The summed E-state index contributed by atoms with van der Waals surface area (Å²) in [6, 6.07) is 0. The number of hydrogen-bond donors (Lipinski definition) is 1. The van der Waals surface area contributed by atoms with Gasteiger partial charge in [0.15, 0.2) is 5.82 Å². The minimum Gasteiger partial charge on any atom is -0.381 e. The van der Waals surface area contributed by atoms with Crippen molar-refractivity contribution in [2.75, 3.05) is 32.8 Å². The first-order valence-corrected chi connectivity index (χ1v) is 8.64. The Hall–Kier alpha value is -1.47. The summed E-state index contributed by atoms with van der Waals surface area (Å²) in [5.41, 5.74) is 0. The predicted octanol–water partition coefficient (Wildman–Crippen LogP) is 0.997. The van der Waals surface area contributed by atoms with Gasteiger partial charge in [-0.1, -0.05) is 12.1 Å². The van der Waals surface area contributed by atoms with Crippen LogP contribution in [0.2, 0.25) is 0 Å². The van der Waals surface area contributed by atoms with Crippen molar-refractivity contribution in [3.8, 4) is 0 Å². The second-order valence-corrected chi connectivity index (χ2v) is 6.48. The first-order chi connectivity index (χ1) is 11.2. The van der Waals surface area contributed by atoms with Gasteiger partial charge in [-0.3, -0.25) is 9.69 Å². The number of hydrogen-bond acceptors (Lipinski definition) is 6. The summed E-state index contributed by atoms with van der Waals surface area (Å²) in [6.45, 7) is 6.84. The fourth-order valence-electron chi connectivity index (χ4n) is 3.17. The molecule has 0 saturated carbocycles. The lowest BCUT2D eigenvalue weighted by Gasteiger charge is -2.31. The number of aromatic nitrogens is 2. The van der Waals surface area contributed by atoms with E-state index >= 15 is 0 Å². The molecule has 2 saturated heterocycles. The highest BCUT2D eigenvalue weighted by molar-refractivity contribution is 5.78. The molecule has 1 unspecified atom stereocenters. The van der Waals surface area contributed by atoms with Crippen LogP contribution >= 0.6 is 0 Å². The molecule has 1 aromatic rings. The van der Waals surface area contributed by atoms with E-state index in [0.29, 0.717) is 25.0 Å². The third-order valence-corrected chi connectivity index (χ3v) is 4.76. The molecule has 3 heterocycles. The zero-order valence-electron chi connectivity index (χ0n) is 13.8. The van der Waals surface area contributed by atoms with Crippen LogP contribution in [0.25, 0.3) is 0 Å². The molecular weight excluding hydrogens is 296 g/mol. The van der Waals surface area contributed by atoms with Gasteiger partial charge < -0.3 is 14.6 Å². The van der Waals surface area contributed by atoms with Crippen LogP contribution in [0.4, 0.5) is 0 Å². The van der Waals surface area contributed by atoms with E-state index in [4.69, 9.17) is 9.26 Å². The number of piperidine rings is 1. The zero-order chi connectivity index (χ0) is 16.1. The summed E-state index contributed by atoms with van der Waals surface area (Å²) >= 11 is 0. The van der Waals surface area contributed by atoms with E-state index in [2.05, 4.69) is 20.4 Å². The van der Waals surface area contributed by atoms with Crippen molar-refractivity contribution in [1.82, 2.24) is 20.4 Å². The van der Waals surface area contributed by atoms with Gasteiger partial charge in [-0.2, -0.15) is 4.98 Å². The summed E-state index contributed by atoms with van der Waals surface area (Å²) in [6.07, 6.45) is 3.85. The Labute approximate surface area is 136 Å². The quantitative estimate of drug-likeness (QED) is 0.841. The smallest absolute Gasteiger partial charge is 0.240 e. The first kappa shape index (κ1) is 16.4. The lowest BCUT2D eigenvalue weighted by atomic mass is 9.96. The molecule has 2 fully saturated rings. The van der Waals surface area contributed by atoms with Crippen LogP contribution in [0.15, 0.2) is 4.52 Å². The molecule has 0 aromatic carbocycles. The Morgan fingerprint density at radius 1 is 1.35 bits per heavy atom. The van der Waals surface area contributed by atoms with Gasteiger partial charge in [0.1, 0.15) is 0 Å². The Balaban J connectivity index is 1.35. The largest absolute Gasteiger partial charge is 0.381 e. The van der Waals surface area contributed by atoms with E-state index in [-0.39, 0.29) is 11.8 Å². The van der Waals surface area contributed by atoms with Gasteiger partial charge in [0, 0.05) is 19.6 Å². The molecule has 23 heavy (non-hydrogen) atoms. The van der Waals surface area contributed by atoms with Crippen LogP contribution in [-0.4, -0.2) is 53.8 Å². The lowest BCUT2D eigenvalue weighted by molar-refractivity contribution is -0.125. The van der Waals surface area contributed by atoms with Crippen molar-refractivity contribution in [3.05, 3.63) is 11.7 Å². The molecule has 0 radical (unpaired) electrons.